The maximum Gasteiger partial charge on any atom is 0.257 e. The molecule has 0 bridgehead atoms. The number of benzene rings is 1. The van der Waals surface area contributed by atoms with Gasteiger partial charge in [0, 0.05) is 18.8 Å². The number of carbonyl (C=O) groups excluding carboxylic acids is 1. The molecule has 1 aliphatic rings. The Bertz CT molecular complexity index is 637. The van der Waals surface area contributed by atoms with Gasteiger partial charge in [-0.2, -0.15) is 10.2 Å². The van der Waals surface area contributed by atoms with Gasteiger partial charge < -0.3 is 15.0 Å². The van der Waals surface area contributed by atoms with Gasteiger partial charge in [0.05, 0.1) is 18.0 Å². The molecule has 1 saturated heterocycles. The molecule has 120 valence electrons. The topological polar surface area (TPSA) is 67.3 Å². The number of likely N-dealkylation sites (tertiary alicyclic amines) is 1. The Balaban J connectivity index is 1.56. The van der Waals surface area contributed by atoms with Crippen LogP contribution < -0.4 is 10.1 Å². The Kier molecular flexibility index (Phi) is 4.83. The number of aromatic nitrogens is 2. The molecule has 3 rings (SSSR count). The lowest BCUT2D eigenvalue weighted by molar-refractivity contribution is 0.102. The molecule has 0 atom stereocenters. The number of nitrogens with zero attached hydrogens (tertiary/aromatic N) is 3. The molecule has 0 saturated carbocycles. The van der Waals surface area contributed by atoms with Gasteiger partial charge in [-0.3, -0.25) is 4.79 Å². The standard InChI is InChI=1S/C17H20N4O2/c1-21-10-7-16(8-11-21)23-15-4-2-14(3-5-15)20-17(22)13-6-9-18-19-12-13/h2-6,9,12,16H,7-8,10-11H2,1H3,(H,20,22). The number of ether oxygens (including phenoxy) is 1. The van der Waals surface area contributed by atoms with E-state index in [2.05, 4.69) is 27.5 Å². The molecule has 2 heterocycles. The SMILES string of the molecule is CN1CCC(Oc2ccc(NC(=O)c3ccnnc3)cc2)CC1. The van der Waals surface area contributed by atoms with Crippen molar-refractivity contribution in [1.29, 1.82) is 0 Å². The van der Waals surface area contributed by atoms with Crippen molar-refractivity contribution in [3.8, 4) is 5.75 Å². The molecule has 6 nitrogen and oxygen atoms in total. The van der Waals surface area contributed by atoms with Gasteiger partial charge in [-0.15, -0.1) is 0 Å². The van der Waals surface area contributed by atoms with Crippen molar-refractivity contribution in [2.45, 2.75) is 18.9 Å². The molecule has 0 radical (unpaired) electrons. The third-order valence-corrected chi connectivity index (χ3v) is 3.93. The lowest BCUT2D eigenvalue weighted by Gasteiger charge is -2.29. The maximum absolute atomic E-state index is 12.0. The lowest BCUT2D eigenvalue weighted by atomic mass is 10.1. The van der Waals surface area contributed by atoms with Crippen LogP contribution in [0.15, 0.2) is 42.7 Å². The summed E-state index contributed by atoms with van der Waals surface area (Å²) in [7, 11) is 2.13. The van der Waals surface area contributed by atoms with Crippen LogP contribution in [0.25, 0.3) is 0 Å². The Morgan fingerprint density at radius 2 is 1.91 bits per heavy atom. The predicted molar refractivity (Wildman–Crippen MR) is 87.6 cm³/mol. The van der Waals surface area contributed by atoms with Crippen molar-refractivity contribution in [3.63, 3.8) is 0 Å². The van der Waals surface area contributed by atoms with E-state index in [4.69, 9.17) is 4.74 Å². The Morgan fingerprint density at radius 1 is 1.17 bits per heavy atom. The first kappa shape index (κ1) is 15.4. The highest BCUT2D eigenvalue weighted by Gasteiger charge is 2.17. The fourth-order valence-corrected chi connectivity index (χ4v) is 2.54. The average Bonchev–Trinajstić information content (AvgIpc) is 2.59. The second kappa shape index (κ2) is 7.19. The van der Waals surface area contributed by atoms with Crippen LogP contribution in [0.2, 0.25) is 0 Å². The van der Waals surface area contributed by atoms with Crippen LogP contribution in [0, 0.1) is 0 Å². The van der Waals surface area contributed by atoms with Crippen LogP contribution in [0.4, 0.5) is 5.69 Å². The van der Waals surface area contributed by atoms with Crippen LogP contribution in [0.1, 0.15) is 23.2 Å². The van der Waals surface area contributed by atoms with Crippen LogP contribution >= 0.6 is 0 Å². The van der Waals surface area contributed by atoms with Gasteiger partial charge >= 0.3 is 0 Å². The largest absolute Gasteiger partial charge is 0.490 e. The van der Waals surface area contributed by atoms with Gasteiger partial charge in [-0.05, 0) is 50.2 Å². The first-order valence-electron chi connectivity index (χ1n) is 7.74. The number of anilines is 1. The van der Waals surface area contributed by atoms with E-state index >= 15 is 0 Å². The molecule has 0 spiro atoms. The summed E-state index contributed by atoms with van der Waals surface area (Å²) in [4.78, 5) is 14.3. The molecule has 1 N–H and O–H groups in total. The van der Waals surface area contributed by atoms with Crippen molar-refractivity contribution >= 4 is 11.6 Å². The molecule has 1 fully saturated rings. The number of carbonyl (C=O) groups is 1. The summed E-state index contributed by atoms with van der Waals surface area (Å²) in [6.07, 6.45) is 5.29. The van der Waals surface area contributed by atoms with Crippen LogP contribution in [-0.4, -0.2) is 47.2 Å². The minimum absolute atomic E-state index is 0.205. The summed E-state index contributed by atoms with van der Waals surface area (Å²) in [6, 6.07) is 9.09. The van der Waals surface area contributed by atoms with Crippen LogP contribution in [0.3, 0.4) is 0 Å². The van der Waals surface area contributed by atoms with Crippen LogP contribution in [-0.2, 0) is 0 Å². The second-order valence-electron chi connectivity index (χ2n) is 5.73. The lowest BCUT2D eigenvalue weighted by Crippen LogP contribution is -2.35. The molecule has 0 unspecified atom stereocenters. The van der Waals surface area contributed by atoms with Gasteiger partial charge in [0.2, 0.25) is 0 Å². The summed E-state index contributed by atoms with van der Waals surface area (Å²) in [5.74, 6) is 0.631. The van der Waals surface area contributed by atoms with Crippen molar-refractivity contribution in [2.24, 2.45) is 0 Å². The number of hydrogen-bond acceptors (Lipinski definition) is 5. The van der Waals surface area contributed by atoms with E-state index in [1.165, 1.54) is 12.4 Å². The van der Waals surface area contributed by atoms with Gasteiger partial charge in [0.15, 0.2) is 0 Å². The highest BCUT2D eigenvalue weighted by molar-refractivity contribution is 6.03. The van der Waals surface area contributed by atoms with E-state index in [1.54, 1.807) is 6.07 Å². The molecular formula is C17H20N4O2. The Morgan fingerprint density at radius 3 is 2.57 bits per heavy atom. The summed E-state index contributed by atoms with van der Waals surface area (Å²) in [5.41, 5.74) is 1.20. The van der Waals surface area contributed by atoms with Gasteiger partial charge in [0.25, 0.3) is 5.91 Å². The highest BCUT2D eigenvalue weighted by Crippen LogP contribution is 2.21. The molecule has 1 aromatic carbocycles. The highest BCUT2D eigenvalue weighted by atomic mass is 16.5. The van der Waals surface area contributed by atoms with Crippen molar-refractivity contribution in [3.05, 3.63) is 48.3 Å². The van der Waals surface area contributed by atoms with Gasteiger partial charge in [-0.1, -0.05) is 0 Å². The van der Waals surface area contributed by atoms with E-state index < -0.39 is 0 Å². The minimum atomic E-state index is -0.205. The first-order valence-corrected chi connectivity index (χ1v) is 7.74. The van der Waals surface area contributed by atoms with Gasteiger partial charge in [0.1, 0.15) is 11.9 Å². The maximum atomic E-state index is 12.0. The smallest absolute Gasteiger partial charge is 0.257 e. The molecule has 1 amide bonds. The molecule has 0 aliphatic carbocycles. The normalized spacial score (nSPS) is 16.0. The number of hydrogen-bond donors (Lipinski definition) is 1. The van der Waals surface area contributed by atoms with Gasteiger partial charge in [-0.25, -0.2) is 0 Å². The monoisotopic (exact) mass is 312 g/mol. The average molecular weight is 312 g/mol. The summed E-state index contributed by atoms with van der Waals surface area (Å²) in [5, 5.41) is 10.2. The number of amides is 1. The zero-order chi connectivity index (χ0) is 16.1. The molecule has 2 aromatic rings. The van der Waals surface area contributed by atoms with E-state index in [0.29, 0.717) is 5.56 Å². The molecule has 1 aromatic heterocycles. The van der Waals surface area contributed by atoms with E-state index in [9.17, 15) is 4.79 Å². The number of nitrogens with one attached hydrogen (secondary N) is 1. The second-order valence-corrected chi connectivity index (χ2v) is 5.73. The van der Waals surface area contributed by atoms with Crippen molar-refractivity contribution < 1.29 is 9.53 Å². The Labute approximate surface area is 135 Å². The first-order chi connectivity index (χ1) is 11.2. The zero-order valence-electron chi connectivity index (χ0n) is 13.1. The summed E-state index contributed by atoms with van der Waals surface area (Å²) < 4.78 is 5.99. The van der Waals surface area contributed by atoms with E-state index in [0.717, 1.165) is 37.4 Å². The zero-order valence-corrected chi connectivity index (χ0v) is 13.1. The van der Waals surface area contributed by atoms with E-state index in [-0.39, 0.29) is 12.0 Å². The molecule has 1 aliphatic heterocycles. The van der Waals surface area contributed by atoms with E-state index in [1.807, 2.05) is 24.3 Å². The molecule has 6 heteroatoms. The summed E-state index contributed by atoms with van der Waals surface area (Å²) in [6.45, 7) is 2.14. The quantitative estimate of drug-likeness (QED) is 0.937. The predicted octanol–water partition coefficient (Wildman–Crippen LogP) is 2.20. The van der Waals surface area contributed by atoms with Crippen molar-refractivity contribution in [2.75, 3.05) is 25.5 Å². The fraction of sp³-hybridized carbons (Fsp3) is 0.353. The minimum Gasteiger partial charge on any atom is -0.490 e. The molecular weight excluding hydrogens is 292 g/mol. The third kappa shape index (κ3) is 4.26. The number of piperidine rings is 1. The third-order valence-electron chi connectivity index (χ3n) is 3.93. The Hall–Kier alpha value is -2.47. The van der Waals surface area contributed by atoms with Crippen molar-refractivity contribution in [1.82, 2.24) is 15.1 Å². The summed E-state index contributed by atoms with van der Waals surface area (Å²) >= 11 is 0. The number of rotatable bonds is 4. The van der Waals surface area contributed by atoms with Crippen LogP contribution in [0.5, 0.6) is 5.75 Å². The fourth-order valence-electron chi connectivity index (χ4n) is 2.54. The molecule has 23 heavy (non-hydrogen) atoms.